The molecule has 0 radical (unpaired) electrons. The van der Waals surface area contributed by atoms with Crippen molar-refractivity contribution in [3.8, 4) is 5.69 Å². The predicted octanol–water partition coefficient (Wildman–Crippen LogP) is 4.63. The van der Waals surface area contributed by atoms with Crippen molar-refractivity contribution < 1.29 is 4.79 Å². The Kier molecular flexibility index (Phi) is 7.59. The van der Waals surface area contributed by atoms with Gasteiger partial charge in [0.2, 0.25) is 5.91 Å². The zero-order chi connectivity index (χ0) is 27.0. The number of para-hydroxylation sites is 1. The van der Waals surface area contributed by atoms with Gasteiger partial charge in [-0.2, -0.15) is 4.98 Å². The lowest BCUT2D eigenvalue weighted by Gasteiger charge is -2.40. The van der Waals surface area contributed by atoms with Gasteiger partial charge < -0.3 is 14.7 Å². The smallest absolute Gasteiger partial charge is 0.355 e. The van der Waals surface area contributed by atoms with Gasteiger partial charge >= 0.3 is 5.69 Å². The normalized spacial score (nSPS) is 16.1. The number of rotatable bonds is 6. The van der Waals surface area contributed by atoms with Crippen LogP contribution in [0.25, 0.3) is 16.7 Å². The van der Waals surface area contributed by atoms with Crippen LogP contribution >= 0.6 is 11.6 Å². The zero-order valence-electron chi connectivity index (χ0n) is 22.4. The summed E-state index contributed by atoms with van der Waals surface area (Å²) in [5, 5.41) is 1.18. The third kappa shape index (κ3) is 4.94. The number of pyridine rings is 1. The predicted molar refractivity (Wildman–Crippen MR) is 151 cm³/mol. The molecule has 37 heavy (non-hydrogen) atoms. The molecule has 0 spiro atoms. The van der Waals surface area contributed by atoms with Crippen LogP contribution in [0.5, 0.6) is 0 Å². The standard InChI is InChI=1S/C28H35ClN6O2/c1-8-24(36)33-13-14-34(19(6)16-33)25-21-15-22(29)27(32(7)18(4)5)30-26(21)35(28(37)31-25)23-12-10-9-11-20(23)17(2)3/h8-12,15,17-19H,1,13-14,16H2,2-7H3/t19-/m0/s1. The molecule has 0 aliphatic carbocycles. The van der Waals surface area contributed by atoms with E-state index in [1.807, 2.05) is 49.2 Å². The van der Waals surface area contributed by atoms with Gasteiger partial charge in [0.1, 0.15) is 11.6 Å². The van der Waals surface area contributed by atoms with Crippen LogP contribution in [0, 0.1) is 0 Å². The highest BCUT2D eigenvalue weighted by Crippen LogP contribution is 2.34. The molecular formula is C28H35ClN6O2. The van der Waals surface area contributed by atoms with Crippen LogP contribution < -0.4 is 15.5 Å². The summed E-state index contributed by atoms with van der Waals surface area (Å²) in [7, 11) is 1.94. The van der Waals surface area contributed by atoms with Crippen molar-refractivity contribution in [3.05, 3.63) is 64.1 Å². The van der Waals surface area contributed by atoms with Crippen molar-refractivity contribution in [2.75, 3.05) is 36.5 Å². The molecule has 0 N–H and O–H groups in total. The van der Waals surface area contributed by atoms with Gasteiger partial charge in [-0.05, 0) is 50.5 Å². The molecule has 1 fully saturated rings. The monoisotopic (exact) mass is 522 g/mol. The van der Waals surface area contributed by atoms with E-state index in [0.717, 1.165) is 11.3 Å². The molecular weight excluding hydrogens is 488 g/mol. The fourth-order valence-corrected chi connectivity index (χ4v) is 5.09. The molecule has 0 saturated carbocycles. The fraction of sp³-hybridized carbons (Fsp3) is 0.429. The lowest BCUT2D eigenvalue weighted by atomic mass is 10.0. The van der Waals surface area contributed by atoms with Gasteiger partial charge in [-0.3, -0.25) is 4.79 Å². The fourth-order valence-electron chi connectivity index (χ4n) is 4.81. The number of fused-ring (bicyclic) bond motifs is 1. The second-order valence-corrected chi connectivity index (χ2v) is 10.6. The first-order chi connectivity index (χ1) is 17.5. The van der Waals surface area contributed by atoms with Crippen molar-refractivity contribution in [3.63, 3.8) is 0 Å². The molecule has 8 nitrogen and oxygen atoms in total. The average molecular weight is 523 g/mol. The van der Waals surface area contributed by atoms with Crippen molar-refractivity contribution in [1.29, 1.82) is 0 Å². The Morgan fingerprint density at radius 1 is 1.19 bits per heavy atom. The Bertz CT molecular complexity index is 1400. The lowest BCUT2D eigenvalue weighted by Crippen LogP contribution is -2.54. The molecule has 3 heterocycles. The van der Waals surface area contributed by atoms with Gasteiger partial charge in [-0.1, -0.05) is 50.2 Å². The molecule has 0 unspecified atom stereocenters. The maximum absolute atomic E-state index is 13.8. The van der Waals surface area contributed by atoms with E-state index in [-0.39, 0.29) is 23.9 Å². The van der Waals surface area contributed by atoms with Gasteiger partial charge in [0.25, 0.3) is 0 Å². The molecule has 1 aliphatic heterocycles. The van der Waals surface area contributed by atoms with Gasteiger partial charge in [-0.25, -0.2) is 14.3 Å². The van der Waals surface area contributed by atoms with Crippen LogP contribution in [0.15, 0.2) is 47.8 Å². The van der Waals surface area contributed by atoms with E-state index in [2.05, 4.69) is 44.2 Å². The van der Waals surface area contributed by atoms with Crippen LogP contribution in [-0.2, 0) is 4.79 Å². The number of aromatic nitrogens is 3. The largest absolute Gasteiger partial charge is 0.356 e. The van der Waals surface area contributed by atoms with Crippen molar-refractivity contribution in [2.45, 2.75) is 52.6 Å². The van der Waals surface area contributed by atoms with E-state index in [1.165, 1.54) is 6.08 Å². The van der Waals surface area contributed by atoms with Gasteiger partial charge in [0.15, 0.2) is 5.65 Å². The Morgan fingerprint density at radius 2 is 1.89 bits per heavy atom. The summed E-state index contributed by atoms with van der Waals surface area (Å²) in [6, 6.07) is 9.81. The summed E-state index contributed by atoms with van der Waals surface area (Å²) in [6.45, 7) is 15.5. The maximum Gasteiger partial charge on any atom is 0.355 e. The minimum Gasteiger partial charge on any atom is -0.356 e. The molecule has 1 aliphatic rings. The number of nitrogens with zero attached hydrogens (tertiary/aromatic N) is 6. The molecule has 1 atom stereocenters. The lowest BCUT2D eigenvalue weighted by molar-refractivity contribution is -0.126. The maximum atomic E-state index is 13.8. The number of halogens is 1. The topological polar surface area (TPSA) is 74.6 Å². The first-order valence-electron chi connectivity index (χ1n) is 12.7. The van der Waals surface area contributed by atoms with Crippen LogP contribution in [0.2, 0.25) is 5.02 Å². The van der Waals surface area contributed by atoms with E-state index < -0.39 is 5.69 Å². The van der Waals surface area contributed by atoms with E-state index >= 15 is 0 Å². The Hall–Kier alpha value is -3.39. The number of hydrogen-bond donors (Lipinski definition) is 0. The third-order valence-electron chi connectivity index (χ3n) is 7.08. The number of hydrogen-bond acceptors (Lipinski definition) is 6. The van der Waals surface area contributed by atoms with Crippen molar-refractivity contribution >= 4 is 40.2 Å². The summed E-state index contributed by atoms with van der Waals surface area (Å²) in [5.74, 6) is 1.23. The molecule has 1 saturated heterocycles. The van der Waals surface area contributed by atoms with Crippen molar-refractivity contribution in [1.82, 2.24) is 19.4 Å². The molecule has 1 amide bonds. The van der Waals surface area contributed by atoms with E-state index in [9.17, 15) is 9.59 Å². The molecule has 196 valence electrons. The Labute approximate surface area is 223 Å². The molecule has 0 bridgehead atoms. The highest BCUT2D eigenvalue weighted by atomic mass is 35.5. The van der Waals surface area contributed by atoms with Gasteiger partial charge in [0.05, 0.1) is 16.1 Å². The van der Waals surface area contributed by atoms with Gasteiger partial charge in [-0.15, -0.1) is 0 Å². The Morgan fingerprint density at radius 3 is 2.51 bits per heavy atom. The molecule has 9 heteroatoms. The summed E-state index contributed by atoms with van der Waals surface area (Å²) in [5.41, 5.74) is 1.89. The van der Waals surface area contributed by atoms with Crippen LogP contribution in [0.3, 0.4) is 0 Å². The number of benzene rings is 1. The summed E-state index contributed by atoms with van der Waals surface area (Å²) >= 11 is 6.79. The SMILES string of the molecule is C=CC(=O)N1CCN(c2nc(=O)n(-c3ccccc3C(C)C)c3nc(N(C)C(C)C)c(Cl)cc23)[C@@H](C)C1. The highest BCUT2D eigenvalue weighted by molar-refractivity contribution is 6.33. The summed E-state index contributed by atoms with van der Waals surface area (Å²) in [4.78, 5) is 41.4. The quantitative estimate of drug-likeness (QED) is 0.440. The molecule has 2 aromatic heterocycles. The molecule has 1 aromatic carbocycles. The first-order valence-corrected chi connectivity index (χ1v) is 13.1. The molecule has 4 rings (SSSR count). The number of anilines is 2. The highest BCUT2D eigenvalue weighted by Gasteiger charge is 2.30. The number of carbonyl (C=O) groups excluding carboxylic acids is 1. The minimum atomic E-state index is -0.402. The molecule has 3 aromatic rings. The van der Waals surface area contributed by atoms with Crippen molar-refractivity contribution in [2.24, 2.45) is 0 Å². The number of carbonyl (C=O) groups is 1. The second kappa shape index (κ2) is 10.5. The number of piperazine rings is 1. The third-order valence-corrected chi connectivity index (χ3v) is 7.36. The summed E-state index contributed by atoms with van der Waals surface area (Å²) in [6.07, 6.45) is 1.33. The Balaban J connectivity index is 1.99. The van der Waals surface area contributed by atoms with Crippen LogP contribution in [0.1, 0.15) is 46.1 Å². The van der Waals surface area contributed by atoms with E-state index in [4.69, 9.17) is 16.6 Å². The number of amides is 1. The second-order valence-electron chi connectivity index (χ2n) is 10.2. The average Bonchev–Trinajstić information content (AvgIpc) is 2.87. The van der Waals surface area contributed by atoms with Crippen LogP contribution in [0.4, 0.5) is 11.6 Å². The summed E-state index contributed by atoms with van der Waals surface area (Å²) < 4.78 is 1.60. The zero-order valence-corrected chi connectivity index (χ0v) is 23.2. The van der Waals surface area contributed by atoms with E-state index in [1.54, 1.807) is 9.47 Å². The minimum absolute atomic E-state index is 0.0664. The van der Waals surface area contributed by atoms with E-state index in [0.29, 0.717) is 47.3 Å². The first kappa shape index (κ1) is 26.7. The van der Waals surface area contributed by atoms with Gasteiger partial charge in [0, 0.05) is 38.8 Å². The van der Waals surface area contributed by atoms with Crippen LogP contribution in [-0.4, -0.2) is 64.1 Å².